The average molecular weight is 613 g/mol. The fourth-order valence-electron chi connectivity index (χ4n) is 5.00. The van der Waals surface area contributed by atoms with Crippen LogP contribution in [0.4, 0.5) is 4.79 Å². The van der Waals surface area contributed by atoms with Crippen molar-refractivity contribution in [1.82, 2.24) is 20.9 Å². The summed E-state index contributed by atoms with van der Waals surface area (Å²) in [5, 5.41) is 18.7. The number of ketones is 1. The number of para-hydroxylation sites is 1. The third-order valence-corrected chi connectivity index (χ3v) is 7.78. The van der Waals surface area contributed by atoms with E-state index in [1.54, 1.807) is 25.3 Å². The van der Waals surface area contributed by atoms with Gasteiger partial charge in [-0.05, 0) is 55.2 Å². The molecule has 0 saturated carbocycles. The van der Waals surface area contributed by atoms with E-state index in [0.29, 0.717) is 0 Å². The minimum atomic E-state index is -1.09. The monoisotopic (exact) mass is 612 g/mol. The van der Waals surface area contributed by atoms with Gasteiger partial charge in [0.2, 0.25) is 11.8 Å². The van der Waals surface area contributed by atoms with Gasteiger partial charge < -0.3 is 35.5 Å². The summed E-state index contributed by atoms with van der Waals surface area (Å²) < 4.78 is 10.6. The highest BCUT2D eigenvalue weighted by molar-refractivity contribution is 5.98. The molecule has 11 nitrogen and oxygen atoms in total. The lowest BCUT2D eigenvalue weighted by Gasteiger charge is -2.25. The van der Waals surface area contributed by atoms with E-state index >= 15 is 0 Å². The van der Waals surface area contributed by atoms with Crippen molar-refractivity contribution in [3.63, 3.8) is 0 Å². The van der Waals surface area contributed by atoms with Crippen molar-refractivity contribution < 1.29 is 33.8 Å². The number of Topliss-reactive ketones (excluding diaryl/α,β-unsaturated/α-hetero) is 1. The molecule has 3 aromatic carbocycles. The van der Waals surface area contributed by atoms with Crippen molar-refractivity contribution >= 4 is 34.6 Å². The molecule has 0 radical (unpaired) electrons. The van der Waals surface area contributed by atoms with E-state index in [1.807, 2.05) is 54.6 Å². The molecule has 11 heteroatoms. The fraction of sp³-hybridized carbons (Fsp3) is 0.294. The third kappa shape index (κ3) is 8.07. The first-order chi connectivity index (χ1) is 21.6. The van der Waals surface area contributed by atoms with Crippen LogP contribution in [0, 0.1) is 0 Å². The zero-order chi connectivity index (χ0) is 32.0. The van der Waals surface area contributed by atoms with E-state index in [1.165, 1.54) is 19.1 Å². The Balaban J connectivity index is 1.31. The van der Waals surface area contributed by atoms with Crippen LogP contribution in [0.25, 0.3) is 10.9 Å². The molecule has 0 aliphatic carbocycles. The molecular formula is C34H36N4O7. The summed E-state index contributed by atoms with van der Waals surface area (Å²) in [6, 6.07) is 20.0. The largest absolute Gasteiger partial charge is 0.508 e. The molecule has 4 atom stereocenters. The number of fused-ring (bicyclic) bond motifs is 1. The lowest BCUT2D eigenvalue weighted by Crippen LogP contribution is -2.57. The highest BCUT2D eigenvalue weighted by Gasteiger charge is 2.50. The van der Waals surface area contributed by atoms with Gasteiger partial charge in [-0.2, -0.15) is 0 Å². The number of amides is 3. The number of ether oxygens (including phenoxy) is 2. The van der Waals surface area contributed by atoms with Crippen molar-refractivity contribution in [2.45, 2.75) is 57.0 Å². The summed E-state index contributed by atoms with van der Waals surface area (Å²) in [5.74, 6) is -1.40. The number of carbonyl (C=O) groups excluding carboxylic acids is 4. The highest BCUT2D eigenvalue weighted by atomic mass is 16.6. The molecule has 4 aromatic rings. The predicted octanol–water partition coefficient (Wildman–Crippen LogP) is 3.30. The number of hydrogen-bond donors (Lipinski definition) is 5. The number of hydrogen-bond acceptors (Lipinski definition) is 7. The number of alkyl carbamates (subject to hydrolysis) is 1. The van der Waals surface area contributed by atoms with E-state index in [2.05, 4.69) is 20.9 Å². The Hall–Kier alpha value is -5.16. The van der Waals surface area contributed by atoms with Crippen LogP contribution in [0.15, 0.2) is 85.1 Å². The van der Waals surface area contributed by atoms with Crippen molar-refractivity contribution in [2.75, 3.05) is 6.61 Å². The molecule has 1 saturated heterocycles. The number of rotatable bonds is 13. The third-order valence-electron chi connectivity index (χ3n) is 7.78. The van der Waals surface area contributed by atoms with Crippen LogP contribution in [0.2, 0.25) is 0 Å². The van der Waals surface area contributed by atoms with Gasteiger partial charge in [-0.15, -0.1) is 0 Å². The number of aromatic amines is 1. The molecule has 3 amide bonds. The summed E-state index contributed by atoms with van der Waals surface area (Å²) >= 11 is 0. The number of phenolic OH excluding ortho intramolecular Hbond substituents is 1. The first-order valence-electron chi connectivity index (χ1n) is 14.7. The van der Waals surface area contributed by atoms with Crippen LogP contribution >= 0.6 is 0 Å². The molecule has 1 aromatic heterocycles. The molecule has 1 aliphatic heterocycles. The van der Waals surface area contributed by atoms with Crippen LogP contribution in [-0.2, 0) is 43.3 Å². The SMILES string of the molecule is C[C@@H](NC(=O)OCc1ccccc1)C(=O)N[C@@H](Cc1c[nH]c2ccccc12)C(=O)N[C@@H](Cc1ccc(O)cc1)C(=O)[C@]1(C)CO1. The lowest BCUT2D eigenvalue weighted by molar-refractivity contribution is -0.133. The first kappa shape index (κ1) is 31.3. The molecule has 0 unspecified atom stereocenters. The second-order valence-corrected chi connectivity index (χ2v) is 11.4. The number of epoxide rings is 1. The van der Waals surface area contributed by atoms with Gasteiger partial charge in [-0.3, -0.25) is 14.4 Å². The van der Waals surface area contributed by atoms with Crippen molar-refractivity contribution in [2.24, 2.45) is 0 Å². The molecule has 234 valence electrons. The lowest BCUT2D eigenvalue weighted by atomic mass is 9.94. The molecule has 0 bridgehead atoms. The van der Waals surface area contributed by atoms with E-state index in [9.17, 15) is 24.3 Å². The Morgan fingerprint density at radius 2 is 1.53 bits per heavy atom. The number of phenols is 1. The van der Waals surface area contributed by atoms with Gasteiger partial charge >= 0.3 is 6.09 Å². The molecule has 5 N–H and O–H groups in total. The molecule has 45 heavy (non-hydrogen) atoms. The number of benzene rings is 3. The maximum absolute atomic E-state index is 13.9. The maximum Gasteiger partial charge on any atom is 0.408 e. The Morgan fingerprint density at radius 3 is 2.24 bits per heavy atom. The Labute approximate surface area is 260 Å². The minimum Gasteiger partial charge on any atom is -0.508 e. The van der Waals surface area contributed by atoms with Gasteiger partial charge in [0.15, 0.2) is 5.78 Å². The zero-order valence-electron chi connectivity index (χ0n) is 25.0. The van der Waals surface area contributed by atoms with Crippen LogP contribution in [-0.4, -0.2) is 64.1 Å². The van der Waals surface area contributed by atoms with E-state index in [0.717, 1.165) is 27.6 Å². The van der Waals surface area contributed by atoms with Crippen LogP contribution in [0.1, 0.15) is 30.5 Å². The van der Waals surface area contributed by atoms with Crippen LogP contribution in [0.3, 0.4) is 0 Å². The van der Waals surface area contributed by atoms with E-state index in [4.69, 9.17) is 9.47 Å². The summed E-state index contributed by atoms with van der Waals surface area (Å²) in [7, 11) is 0. The van der Waals surface area contributed by atoms with Crippen molar-refractivity contribution in [3.8, 4) is 5.75 Å². The van der Waals surface area contributed by atoms with Crippen molar-refractivity contribution in [1.29, 1.82) is 0 Å². The maximum atomic E-state index is 13.9. The molecule has 5 rings (SSSR count). The standard InChI is InChI=1S/C34H36N4O7/c1-21(36-33(43)44-19-23-8-4-3-5-9-23)31(41)38-29(17-24-18-35-27-11-7-6-10-26(24)27)32(42)37-28(30(40)34(2)20-45-34)16-22-12-14-25(39)15-13-22/h3-15,18,21,28-29,35,39H,16-17,19-20H2,1-2H3,(H,36,43)(H,37,42)(H,38,41)/t21-,28+,29+,34+/m1/s1. The second-order valence-electron chi connectivity index (χ2n) is 11.4. The van der Waals surface area contributed by atoms with Gasteiger partial charge in [0.25, 0.3) is 0 Å². The second kappa shape index (κ2) is 13.6. The highest BCUT2D eigenvalue weighted by Crippen LogP contribution is 2.29. The molecule has 2 heterocycles. The number of H-pyrrole nitrogens is 1. The predicted molar refractivity (Wildman–Crippen MR) is 166 cm³/mol. The Morgan fingerprint density at radius 1 is 0.867 bits per heavy atom. The Kier molecular flexibility index (Phi) is 9.48. The van der Waals surface area contributed by atoms with Gasteiger partial charge in [0.05, 0.1) is 12.6 Å². The topological polar surface area (TPSA) is 162 Å². The summed E-state index contributed by atoms with van der Waals surface area (Å²) in [6.45, 7) is 3.43. The number of nitrogens with one attached hydrogen (secondary N) is 4. The number of carbonyl (C=O) groups is 4. The minimum absolute atomic E-state index is 0.0334. The molecule has 1 aliphatic rings. The first-order valence-corrected chi connectivity index (χ1v) is 14.7. The van der Waals surface area contributed by atoms with Crippen LogP contribution < -0.4 is 16.0 Å². The van der Waals surface area contributed by atoms with E-state index < -0.39 is 41.6 Å². The fourth-order valence-corrected chi connectivity index (χ4v) is 5.00. The smallest absolute Gasteiger partial charge is 0.408 e. The molecule has 1 fully saturated rings. The van der Waals surface area contributed by atoms with Gasteiger partial charge in [-0.1, -0.05) is 60.7 Å². The Bertz CT molecular complexity index is 1660. The zero-order valence-corrected chi connectivity index (χ0v) is 25.0. The number of aromatic hydroxyl groups is 1. The van der Waals surface area contributed by atoms with Gasteiger partial charge in [0, 0.05) is 23.5 Å². The van der Waals surface area contributed by atoms with Gasteiger partial charge in [-0.25, -0.2) is 4.79 Å². The summed E-state index contributed by atoms with van der Waals surface area (Å²) in [5.41, 5.74) is 2.16. The average Bonchev–Trinajstić information content (AvgIpc) is 3.67. The van der Waals surface area contributed by atoms with E-state index in [-0.39, 0.29) is 37.6 Å². The summed E-state index contributed by atoms with van der Waals surface area (Å²) in [4.78, 5) is 56.2. The van der Waals surface area contributed by atoms with Crippen LogP contribution in [0.5, 0.6) is 5.75 Å². The number of aromatic nitrogens is 1. The quantitative estimate of drug-likeness (QED) is 0.145. The normalized spacial score (nSPS) is 17.5. The summed E-state index contributed by atoms with van der Waals surface area (Å²) in [6.07, 6.45) is 1.26. The van der Waals surface area contributed by atoms with Gasteiger partial charge in [0.1, 0.15) is 30.0 Å². The molecular weight excluding hydrogens is 576 g/mol. The molecule has 0 spiro atoms. The van der Waals surface area contributed by atoms with Crippen molar-refractivity contribution in [3.05, 3.63) is 102 Å².